The summed E-state index contributed by atoms with van der Waals surface area (Å²) in [5.41, 5.74) is 0. The topological polar surface area (TPSA) is 47.7 Å². The number of nitrogens with zero attached hydrogens (tertiary/aromatic N) is 4. The van der Waals surface area contributed by atoms with Crippen LogP contribution in [-0.4, -0.2) is 32.2 Å². The van der Waals surface area contributed by atoms with Crippen LogP contribution < -0.4 is 5.32 Å². The van der Waals surface area contributed by atoms with E-state index < -0.39 is 0 Å². The van der Waals surface area contributed by atoms with E-state index in [2.05, 4.69) is 24.4 Å². The first-order valence-corrected chi connectivity index (χ1v) is 5.90. The minimum absolute atomic E-state index is 0.954. The van der Waals surface area contributed by atoms with Gasteiger partial charge in [0.05, 0.1) is 0 Å². The van der Waals surface area contributed by atoms with Crippen LogP contribution in [0.1, 0.15) is 11.6 Å². The molecule has 2 aromatic rings. The van der Waals surface area contributed by atoms with E-state index in [9.17, 15) is 0 Å². The van der Waals surface area contributed by atoms with Gasteiger partial charge in [0.1, 0.15) is 11.6 Å². The highest BCUT2D eigenvalue weighted by Gasteiger charge is 2.00. The first-order valence-electron chi connectivity index (χ1n) is 5.90. The zero-order valence-electron chi connectivity index (χ0n) is 10.4. The standard InChI is InChI=1S/C12H19N5/c1-16-9-7-14-11(16)3-5-13-6-4-12-15-8-10-17(12)2/h7-10,13H,3-6H2,1-2H3. The van der Waals surface area contributed by atoms with Gasteiger partial charge in [-0.3, -0.25) is 0 Å². The van der Waals surface area contributed by atoms with E-state index in [0.717, 1.165) is 37.6 Å². The number of aryl methyl sites for hydroxylation is 2. The normalized spacial score (nSPS) is 10.9. The van der Waals surface area contributed by atoms with Gasteiger partial charge in [-0.15, -0.1) is 0 Å². The molecule has 0 fully saturated rings. The maximum absolute atomic E-state index is 4.28. The summed E-state index contributed by atoms with van der Waals surface area (Å²) < 4.78 is 4.11. The zero-order chi connectivity index (χ0) is 12.1. The molecule has 0 atom stereocenters. The fourth-order valence-corrected chi connectivity index (χ4v) is 1.80. The number of imidazole rings is 2. The third-order valence-corrected chi connectivity index (χ3v) is 2.89. The molecule has 2 rings (SSSR count). The quantitative estimate of drug-likeness (QED) is 0.740. The Morgan fingerprint density at radius 3 is 1.76 bits per heavy atom. The number of hydrogen-bond donors (Lipinski definition) is 1. The van der Waals surface area contributed by atoms with Crippen LogP contribution in [0, 0.1) is 0 Å². The van der Waals surface area contributed by atoms with Crippen molar-refractivity contribution in [3.05, 3.63) is 36.4 Å². The lowest BCUT2D eigenvalue weighted by Crippen LogP contribution is -2.22. The van der Waals surface area contributed by atoms with Gasteiger partial charge in [0.2, 0.25) is 0 Å². The second-order valence-electron chi connectivity index (χ2n) is 4.16. The summed E-state index contributed by atoms with van der Waals surface area (Å²) in [4.78, 5) is 8.57. The molecule has 0 aliphatic carbocycles. The molecule has 0 saturated heterocycles. The molecular weight excluding hydrogens is 214 g/mol. The van der Waals surface area contributed by atoms with E-state index in [-0.39, 0.29) is 0 Å². The Hall–Kier alpha value is -1.62. The Balaban J connectivity index is 1.64. The molecule has 0 aromatic carbocycles. The first kappa shape index (κ1) is 11.9. The van der Waals surface area contributed by atoms with Crippen molar-refractivity contribution in [2.45, 2.75) is 12.8 Å². The van der Waals surface area contributed by atoms with Gasteiger partial charge in [0.25, 0.3) is 0 Å². The predicted molar refractivity (Wildman–Crippen MR) is 66.7 cm³/mol. The van der Waals surface area contributed by atoms with Gasteiger partial charge < -0.3 is 14.5 Å². The van der Waals surface area contributed by atoms with Crippen LogP contribution in [-0.2, 0) is 26.9 Å². The Labute approximate surface area is 102 Å². The molecule has 0 aliphatic heterocycles. The Morgan fingerprint density at radius 1 is 0.941 bits per heavy atom. The number of aromatic nitrogens is 4. The van der Waals surface area contributed by atoms with Gasteiger partial charge in [-0.2, -0.15) is 0 Å². The average Bonchev–Trinajstić information content (AvgIpc) is 2.89. The lowest BCUT2D eigenvalue weighted by Gasteiger charge is -2.05. The summed E-state index contributed by atoms with van der Waals surface area (Å²) in [6.45, 7) is 1.91. The maximum atomic E-state index is 4.28. The SMILES string of the molecule is Cn1ccnc1CCNCCc1nccn1C. The summed E-state index contributed by atoms with van der Waals surface area (Å²) in [6.07, 6.45) is 9.55. The first-order chi connectivity index (χ1) is 8.27. The molecule has 2 heterocycles. The predicted octanol–water partition coefficient (Wildman–Crippen LogP) is 0.528. The van der Waals surface area contributed by atoms with Crippen LogP contribution in [0.2, 0.25) is 0 Å². The lowest BCUT2D eigenvalue weighted by molar-refractivity contribution is 0.633. The molecule has 5 nitrogen and oxygen atoms in total. The molecule has 0 radical (unpaired) electrons. The lowest BCUT2D eigenvalue weighted by atomic mass is 10.3. The van der Waals surface area contributed by atoms with E-state index >= 15 is 0 Å². The van der Waals surface area contributed by atoms with Crippen LogP contribution in [0.4, 0.5) is 0 Å². The summed E-state index contributed by atoms with van der Waals surface area (Å²) in [5, 5.41) is 3.41. The van der Waals surface area contributed by atoms with Gasteiger partial charge >= 0.3 is 0 Å². The van der Waals surface area contributed by atoms with Crippen molar-refractivity contribution >= 4 is 0 Å². The van der Waals surface area contributed by atoms with Gasteiger partial charge in [-0.05, 0) is 0 Å². The van der Waals surface area contributed by atoms with Gasteiger partial charge in [0, 0.05) is 64.8 Å². The maximum Gasteiger partial charge on any atom is 0.109 e. The molecule has 0 amide bonds. The molecule has 0 spiro atoms. The Morgan fingerprint density at radius 2 is 1.41 bits per heavy atom. The summed E-state index contributed by atoms with van der Waals surface area (Å²) >= 11 is 0. The van der Waals surface area contributed by atoms with Crippen LogP contribution in [0.15, 0.2) is 24.8 Å². The minimum atomic E-state index is 0.954. The van der Waals surface area contributed by atoms with Gasteiger partial charge in [-0.1, -0.05) is 0 Å². The van der Waals surface area contributed by atoms with Crippen molar-refractivity contribution in [2.24, 2.45) is 14.1 Å². The number of hydrogen-bond acceptors (Lipinski definition) is 3. The van der Waals surface area contributed by atoms with Crippen LogP contribution >= 0.6 is 0 Å². The van der Waals surface area contributed by atoms with Crippen molar-refractivity contribution in [2.75, 3.05) is 13.1 Å². The third kappa shape index (κ3) is 3.17. The van der Waals surface area contributed by atoms with E-state index in [1.54, 1.807) is 0 Å². The summed E-state index contributed by atoms with van der Waals surface area (Å²) in [6, 6.07) is 0. The molecule has 5 heteroatoms. The highest BCUT2D eigenvalue weighted by Crippen LogP contribution is 1.95. The largest absolute Gasteiger partial charge is 0.338 e. The second kappa shape index (κ2) is 5.63. The number of rotatable bonds is 6. The van der Waals surface area contributed by atoms with Crippen molar-refractivity contribution in [3.8, 4) is 0 Å². The van der Waals surface area contributed by atoms with Crippen molar-refractivity contribution in [3.63, 3.8) is 0 Å². The Kier molecular flexibility index (Phi) is 3.93. The van der Waals surface area contributed by atoms with E-state index in [1.807, 2.05) is 38.9 Å². The fraction of sp³-hybridized carbons (Fsp3) is 0.500. The third-order valence-electron chi connectivity index (χ3n) is 2.89. The second-order valence-corrected chi connectivity index (χ2v) is 4.16. The molecule has 0 bridgehead atoms. The number of nitrogens with one attached hydrogen (secondary N) is 1. The van der Waals surface area contributed by atoms with Gasteiger partial charge in [0.15, 0.2) is 0 Å². The molecule has 0 saturated carbocycles. The highest BCUT2D eigenvalue weighted by atomic mass is 15.0. The van der Waals surface area contributed by atoms with E-state index in [4.69, 9.17) is 0 Å². The highest BCUT2D eigenvalue weighted by molar-refractivity contribution is 4.93. The van der Waals surface area contributed by atoms with Crippen LogP contribution in [0.25, 0.3) is 0 Å². The molecule has 92 valence electrons. The van der Waals surface area contributed by atoms with Crippen molar-refractivity contribution in [1.82, 2.24) is 24.4 Å². The van der Waals surface area contributed by atoms with Crippen molar-refractivity contribution < 1.29 is 0 Å². The molecular formula is C12H19N5. The van der Waals surface area contributed by atoms with Gasteiger partial charge in [-0.25, -0.2) is 9.97 Å². The summed E-state index contributed by atoms with van der Waals surface area (Å²) in [7, 11) is 4.05. The molecule has 17 heavy (non-hydrogen) atoms. The smallest absolute Gasteiger partial charge is 0.109 e. The fourth-order valence-electron chi connectivity index (χ4n) is 1.80. The van der Waals surface area contributed by atoms with E-state index in [1.165, 1.54) is 0 Å². The molecule has 1 N–H and O–H groups in total. The molecule has 0 aliphatic rings. The van der Waals surface area contributed by atoms with Crippen LogP contribution in [0.3, 0.4) is 0 Å². The van der Waals surface area contributed by atoms with Crippen molar-refractivity contribution in [1.29, 1.82) is 0 Å². The Bertz CT molecular complexity index is 415. The van der Waals surface area contributed by atoms with E-state index in [0.29, 0.717) is 0 Å². The summed E-state index contributed by atoms with van der Waals surface area (Å²) in [5.74, 6) is 2.24. The minimum Gasteiger partial charge on any atom is -0.338 e. The van der Waals surface area contributed by atoms with Crippen LogP contribution in [0.5, 0.6) is 0 Å². The zero-order valence-corrected chi connectivity index (χ0v) is 10.4. The monoisotopic (exact) mass is 233 g/mol. The average molecular weight is 233 g/mol. The molecule has 2 aromatic heterocycles. The molecule has 0 unspecified atom stereocenters.